The summed E-state index contributed by atoms with van der Waals surface area (Å²) in [5.74, 6) is 1.78. The first kappa shape index (κ1) is 25.3. The molecule has 0 radical (unpaired) electrons. The van der Waals surface area contributed by atoms with Crippen molar-refractivity contribution in [3.05, 3.63) is 82.9 Å². The van der Waals surface area contributed by atoms with Crippen LogP contribution in [0, 0.1) is 17.8 Å². The maximum absolute atomic E-state index is 12.2. The quantitative estimate of drug-likeness (QED) is 0.223. The molecule has 0 atom stereocenters. The molecule has 194 valence electrons. The summed E-state index contributed by atoms with van der Waals surface area (Å²) in [7, 11) is 0. The third kappa shape index (κ3) is 5.82. The summed E-state index contributed by atoms with van der Waals surface area (Å²) in [5, 5.41) is 9.18. The number of carbonyl (C=O) groups excluding carboxylic acids is 1. The lowest BCUT2D eigenvalue weighted by molar-refractivity contribution is -0.142. The monoisotopic (exact) mass is 500 g/mol. The summed E-state index contributed by atoms with van der Waals surface area (Å²) in [6, 6.07) is 16.7. The summed E-state index contributed by atoms with van der Waals surface area (Å²) in [5.41, 5.74) is 3.78. The van der Waals surface area contributed by atoms with Crippen molar-refractivity contribution in [3.63, 3.8) is 0 Å². The molecule has 0 amide bonds. The third-order valence-corrected chi connectivity index (χ3v) is 8.32. The van der Waals surface area contributed by atoms with Crippen molar-refractivity contribution in [2.24, 2.45) is 17.8 Å². The van der Waals surface area contributed by atoms with E-state index < -0.39 is 11.9 Å². The highest BCUT2D eigenvalue weighted by atomic mass is 16.5. The van der Waals surface area contributed by atoms with E-state index in [1.807, 2.05) is 30.3 Å². The van der Waals surface area contributed by atoms with Crippen LogP contribution in [0.2, 0.25) is 0 Å². The van der Waals surface area contributed by atoms with Gasteiger partial charge in [-0.1, -0.05) is 54.6 Å². The highest BCUT2D eigenvalue weighted by molar-refractivity contribution is 5.93. The second kappa shape index (κ2) is 11.0. The first-order valence-electron chi connectivity index (χ1n) is 13.5. The molecule has 0 heterocycles. The van der Waals surface area contributed by atoms with Gasteiger partial charge in [-0.15, -0.1) is 0 Å². The van der Waals surface area contributed by atoms with Gasteiger partial charge in [0, 0.05) is 11.1 Å². The second-order valence-corrected chi connectivity index (χ2v) is 11.1. The van der Waals surface area contributed by atoms with Crippen molar-refractivity contribution >= 4 is 18.0 Å². The fourth-order valence-corrected chi connectivity index (χ4v) is 7.23. The number of allylic oxidation sites excluding steroid dienone is 2. The molecule has 37 heavy (non-hydrogen) atoms. The topological polar surface area (TPSA) is 72.8 Å². The number of aliphatic carboxylic acids is 1. The molecule has 0 unspecified atom stereocenters. The Bertz CT molecular complexity index is 1160. The first-order valence-corrected chi connectivity index (χ1v) is 13.5. The third-order valence-electron chi connectivity index (χ3n) is 8.32. The van der Waals surface area contributed by atoms with Gasteiger partial charge in [0.1, 0.15) is 12.4 Å². The van der Waals surface area contributed by atoms with Gasteiger partial charge in [-0.2, -0.15) is 0 Å². The number of carboxylic acid groups (broad SMARTS) is 1. The number of hydrogen-bond acceptors (Lipinski definition) is 4. The second-order valence-electron chi connectivity index (χ2n) is 11.1. The molecule has 4 fully saturated rings. The lowest BCUT2D eigenvalue weighted by Gasteiger charge is -2.57. The SMILES string of the molecule is CCOC(=O)/C(=C/C=C/c1ccc(OCc2ccccc2)c(C23CC4CC(CC(C4)C2)C3)c1)CC(=O)O. The predicted octanol–water partition coefficient (Wildman–Crippen LogP) is 6.71. The van der Waals surface area contributed by atoms with E-state index in [1.165, 1.54) is 44.1 Å². The van der Waals surface area contributed by atoms with Crippen molar-refractivity contribution in [1.29, 1.82) is 0 Å². The van der Waals surface area contributed by atoms with Gasteiger partial charge in [-0.25, -0.2) is 4.79 Å². The van der Waals surface area contributed by atoms with Crippen LogP contribution in [0.3, 0.4) is 0 Å². The molecule has 0 spiro atoms. The highest BCUT2D eigenvalue weighted by Crippen LogP contribution is 2.62. The lowest BCUT2D eigenvalue weighted by Crippen LogP contribution is -2.48. The molecule has 2 aromatic rings. The Balaban J connectivity index is 1.44. The van der Waals surface area contributed by atoms with E-state index in [4.69, 9.17) is 9.47 Å². The average molecular weight is 501 g/mol. The minimum atomic E-state index is -1.06. The molecule has 6 rings (SSSR count). The van der Waals surface area contributed by atoms with Crippen LogP contribution >= 0.6 is 0 Å². The molecule has 4 bridgehead atoms. The van der Waals surface area contributed by atoms with E-state index in [2.05, 4.69) is 24.3 Å². The Labute approximate surface area is 219 Å². The molecule has 4 aliphatic rings. The predicted molar refractivity (Wildman–Crippen MR) is 143 cm³/mol. The number of carboxylic acids is 1. The van der Waals surface area contributed by atoms with Gasteiger partial charge in [0.05, 0.1) is 13.0 Å². The molecule has 0 aliphatic heterocycles. The van der Waals surface area contributed by atoms with Crippen molar-refractivity contribution < 1.29 is 24.2 Å². The first-order chi connectivity index (χ1) is 17.9. The van der Waals surface area contributed by atoms with Crippen molar-refractivity contribution in [2.75, 3.05) is 6.61 Å². The molecule has 1 N–H and O–H groups in total. The van der Waals surface area contributed by atoms with Crippen LogP contribution < -0.4 is 4.74 Å². The fourth-order valence-electron chi connectivity index (χ4n) is 7.23. The normalized spacial score (nSPS) is 26.4. The van der Waals surface area contributed by atoms with E-state index in [-0.39, 0.29) is 24.0 Å². The van der Waals surface area contributed by atoms with Crippen LogP contribution in [-0.4, -0.2) is 23.7 Å². The summed E-state index contributed by atoms with van der Waals surface area (Å²) in [6.45, 7) is 2.45. The molecule has 4 saturated carbocycles. The summed E-state index contributed by atoms with van der Waals surface area (Å²) in [4.78, 5) is 23.4. The largest absolute Gasteiger partial charge is 0.489 e. The van der Waals surface area contributed by atoms with E-state index in [0.717, 1.165) is 34.6 Å². The molecule has 0 saturated heterocycles. The molecule has 5 nitrogen and oxygen atoms in total. The van der Waals surface area contributed by atoms with Crippen LogP contribution in [0.1, 0.15) is 68.6 Å². The molecule has 0 aromatic heterocycles. The number of rotatable bonds is 10. The van der Waals surface area contributed by atoms with Gasteiger partial charge in [-0.05, 0) is 91.9 Å². The number of benzene rings is 2. The molecule has 5 heteroatoms. The Morgan fingerprint density at radius 2 is 1.68 bits per heavy atom. The Morgan fingerprint density at radius 3 is 2.30 bits per heavy atom. The Morgan fingerprint density at radius 1 is 1.00 bits per heavy atom. The zero-order valence-corrected chi connectivity index (χ0v) is 21.5. The zero-order chi connectivity index (χ0) is 25.8. The maximum atomic E-state index is 12.2. The van der Waals surface area contributed by atoms with Crippen LogP contribution in [0.4, 0.5) is 0 Å². The fraction of sp³-hybridized carbons (Fsp3) is 0.438. The van der Waals surface area contributed by atoms with Crippen LogP contribution in [-0.2, 0) is 26.3 Å². The van der Waals surface area contributed by atoms with Crippen LogP contribution in [0.25, 0.3) is 6.08 Å². The average Bonchev–Trinajstić information content (AvgIpc) is 2.87. The van der Waals surface area contributed by atoms with E-state index in [9.17, 15) is 14.7 Å². The van der Waals surface area contributed by atoms with Gasteiger partial charge in [0.2, 0.25) is 0 Å². The Hall–Kier alpha value is -3.34. The van der Waals surface area contributed by atoms with Gasteiger partial charge in [-0.3, -0.25) is 4.79 Å². The van der Waals surface area contributed by atoms with Crippen molar-refractivity contribution in [3.8, 4) is 5.75 Å². The molecular weight excluding hydrogens is 464 g/mol. The van der Waals surface area contributed by atoms with Gasteiger partial charge in [0.25, 0.3) is 0 Å². The van der Waals surface area contributed by atoms with Gasteiger partial charge >= 0.3 is 11.9 Å². The zero-order valence-electron chi connectivity index (χ0n) is 21.5. The van der Waals surface area contributed by atoms with E-state index in [0.29, 0.717) is 6.61 Å². The van der Waals surface area contributed by atoms with Crippen LogP contribution in [0.5, 0.6) is 5.75 Å². The minimum absolute atomic E-state index is 0.134. The highest BCUT2D eigenvalue weighted by Gasteiger charge is 2.52. The maximum Gasteiger partial charge on any atom is 0.334 e. The Kier molecular flexibility index (Phi) is 7.50. The van der Waals surface area contributed by atoms with Crippen molar-refractivity contribution in [2.45, 2.75) is 63.9 Å². The number of esters is 1. The standard InChI is InChI=1S/C32H36O5/c1-2-36-31(35)27(17-30(33)34)10-6-9-22-11-12-29(37-21-23-7-4-3-5-8-23)28(16-22)32-18-24-13-25(19-32)15-26(14-24)20-32/h3-12,16,24-26H,2,13-15,17-21H2,1H3,(H,33,34)/b9-6+,27-10+. The van der Waals surface area contributed by atoms with E-state index in [1.54, 1.807) is 19.1 Å². The number of ether oxygens (including phenoxy) is 2. The summed E-state index contributed by atoms with van der Waals surface area (Å²) >= 11 is 0. The lowest BCUT2D eigenvalue weighted by atomic mass is 9.48. The van der Waals surface area contributed by atoms with Gasteiger partial charge in [0.15, 0.2) is 0 Å². The molecule has 4 aliphatic carbocycles. The minimum Gasteiger partial charge on any atom is -0.489 e. The number of carbonyl (C=O) groups is 2. The van der Waals surface area contributed by atoms with E-state index >= 15 is 0 Å². The van der Waals surface area contributed by atoms with Crippen LogP contribution in [0.15, 0.2) is 66.3 Å². The smallest absolute Gasteiger partial charge is 0.334 e. The summed E-state index contributed by atoms with van der Waals surface area (Å²) < 4.78 is 11.5. The molecule has 2 aromatic carbocycles. The van der Waals surface area contributed by atoms with Crippen molar-refractivity contribution in [1.82, 2.24) is 0 Å². The molecular formula is C32H36O5. The number of hydrogen-bond donors (Lipinski definition) is 1. The van der Waals surface area contributed by atoms with Gasteiger partial charge < -0.3 is 14.6 Å². The summed E-state index contributed by atoms with van der Waals surface area (Å²) in [6.07, 6.45) is 12.7.